The summed E-state index contributed by atoms with van der Waals surface area (Å²) in [6, 6.07) is 7.99. The van der Waals surface area contributed by atoms with Gasteiger partial charge in [-0.2, -0.15) is 15.0 Å². The molecule has 0 atom stereocenters. The lowest BCUT2D eigenvalue weighted by Crippen LogP contribution is -2.05. The lowest BCUT2D eigenvalue weighted by atomic mass is 10.3. The van der Waals surface area contributed by atoms with Crippen LogP contribution in [0.2, 0.25) is 0 Å². The largest absolute Gasteiger partial charge is 0.467 e. The van der Waals surface area contributed by atoms with Crippen LogP contribution in [0.1, 0.15) is 0 Å². The fraction of sp³-hybridized carbons (Fsp3) is 0.100. The minimum atomic E-state index is 0.116. The van der Waals surface area contributed by atoms with E-state index in [9.17, 15) is 0 Å². The van der Waals surface area contributed by atoms with Crippen LogP contribution in [-0.2, 0) is 0 Å². The molecular weight excluding hydrogens is 333 g/mol. The minimum Gasteiger partial charge on any atom is -0.467 e. The molecule has 0 aliphatic carbocycles. The molecule has 0 bridgehead atoms. The van der Waals surface area contributed by atoms with Crippen molar-refractivity contribution in [3.8, 4) is 6.01 Å². The first-order valence-corrected chi connectivity index (χ1v) is 5.83. The van der Waals surface area contributed by atoms with E-state index in [-0.39, 0.29) is 12.0 Å². The Morgan fingerprint density at radius 3 is 2.53 bits per heavy atom. The Kier molecular flexibility index (Phi) is 3.57. The molecule has 1 aromatic carbocycles. The van der Waals surface area contributed by atoms with Crippen LogP contribution >= 0.6 is 22.6 Å². The summed E-state index contributed by atoms with van der Waals surface area (Å²) in [7, 11) is 1.48. The summed E-state index contributed by atoms with van der Waals surface area (Å²) in [6.07, 6.45) is 0. The van der Waals surface area contributed by atoms with Gasteiger partial charge in [-0.3, -0.25) is 0 Å². The van der Waals surface area contributed by atoms with E-state index in [4.69, 9.17) is 10.5 Å². The molecule has 3 N–H and O–H groups in total. The summed E-state index contributed by atoms with van der Waals surface area (Å²) in [5.74, 6) is 0.473. The number of hydrogen-bond acceptors (Lipinski definition) is 6. The predicted octanol–water partition coefficient (Wildman–Crippen LogP) is 1.81. The van der Waals surface area contributed by atoms with E-state index in [0.717, 1.165) is 9.26 Å². The van der Waals surface area contributed by atoms with Crippen LogP contribution in [0.5, 0.6) is 6.01 Å². The number of benzene rings is 1. The second-order valence-corrected chi connectivity index (χ2v) is 4.38. The van der Waals surface area contributed by atoms with Gasteiger partial charge in [0.05, 0.1) is 7.11 Å². The maximum absolute atomic E-state index is 5.53. The van der Waals surface area contributed by atoms with E-state index < -0.39 is 0 Å². The number of nitrogens with two attached hydrogens (primary N) is 1. The number of ether oxygens (including phenoxy) is 1. The van der Waals surface area contributed by atoms with Gasteiger partial charge in [-0.15, -0.1) is 0 Å². The fourth-order valence-electron chi connectivity index (χ4n) is 1.18. The van der Waals surface area contributed by atoms with Crippen molar-refractivity contribution in [2.24, 2.45) is 0 Å². The van der Waals surface area contributed by atoms with Crippen LogP contribution in [0.15, 0.2) is 24.3 Å². The van der Waals surface area contributed by atoms with Crippen molar-refractivity contribution in [2.45, 2.75) is 0 Å². The zero-order valence-electron chi connectivity index (χ0n) is 9.01. The number of halogens is 1. The van der Waals surface area contributed by atoms with Gasteiger partial charge in [0.1, 0.15) is 0 Å². The Hall–Kier alpha value is -1.64. The molecule has 0 unspecified atom stereocenters. The summed E-state index contributed by atoms with van der Waals surface area (Å²) < 4.78 is 6.06. The van der Waals surface area contributed by atoms with E-state index in [0.29, 0.717) is 5.95 Å². The number of nitrogens with zero attached hydrogens (tertiary/aromatic N) is 3. The Bertz CT molecular complexity index is 517. The lowest BCUT2D eigenvalue weighted by molar-refractivity contribution is 0.380. The van der Waals surface area contributed by atoms with Crippen molar-refractivity contribution < 1.29 is 4.74 Å². The Morgan fingerprint density at radius 1 is 1.18 bits per heavy atom. The van der Waals surface area contributed by atoms with Gasteiger partial charge in [-0.1, -0.05) is 0 Å². The second-order valence-electron chi connectivity index (χ2n) is 3.14. The number of nitrogens with one attached hydrogen (secondary N) is 1. The van der Waals surface area contributed by atoms with Crippen molar-refractivity contribution in [3.05, 3.63) is 27.8 Å². The highest BCUT2D eigenvalue weighted by Crippen LogP contribution is 2.16. The normalized spacial score (nSPS) is 10.0. The molecule has 6 nitrogen and oxygen atoms in total. The molecule has 1 heterocycles. The molecule has 0 fully saturated rings. The van der Waals surface area contributed by atoms with E-state index in [1.165, 1.54) is 7.11 Å². The number of anilines is 3. The van der Waals surface area contributed by atoms with E-state index >= 15 is 0 Å². The monoisotopic (exact) mass is 343 g/mol. The van der Waals surface area contributed by atoms with Crippen LogP contribution in [0.25, 0.3) is 0 Å². The number of methoxy groups -OCH3 is 1. The summed E-state index contributed by atoms with van der Waals surface area (Å²) in [6.45, 7) is 0. The first-order valence-electron chi connectivity index (χ1n) is 4.75. The molecule has 0 spiro atoms. The molecule has 0 aliphatic rings. The highest BCUT2D eigenvalue weighted by atomic mass is 127. The average Bonchev–Trinajstić information content (AvgIpc) is 2.31. The molecule has 0 radical (unpaired) electrons. The summed E-state index contributed by atoms with van der Waals surface area (Å²) >= 11 is 2.24. The Labute approximate surface area is 112 Å². The molecule has 2 aromatic rings. The molecule has 2 rings (SSSR count). The third kappa shape index (κ3) is 3.16. The van der Waals surface area contributed by atoms with Crippen molar-refractivity contribution in [1.29, 1.82) is 0 Å². The van der Waals surface area contributed by atoms with E-state index in [1.807, 2.05) is 24.3 Å². The standard InChI is InChI=1S/C10H10IN5O/c1-17-10-15-8(12)14-9(16-10)13-7-4-2-6(11)3-5-7/h2-5H,1H3,(H3,12,13,14,15,16). The minimum absolute atomic E-state index is 0.116. The van der Waals surface area contributed by atoms with Gasteiger partial charge in [0.15, 0.2) is 0 Å². The van der Waals surface area contributed by atoms with E-state index in [1.54, 1.807) is 0 Å². The number of aromatic nitrogens is 3. The van der Waals surface area contributed by atoms with Gasteiger partial charge in [0.25, 0.3) is 0 Å². The quantitative estimate of drug-likeness (QED) is 0.827. The van der Waals surface area contributed by atoms with Gasteiger partial charge < -0.3 is 15.8 Å². The topological polar surface area (TPSA) is 86.0 Å². The lowest BCUT2D eigenvalue weighted by Gasteiger charge is -2.06. The van der Waals surface area contributed by atoms with E-state index in [2.05, 4.69) is 42.9 Å². The molecule has 0 saturated heterocycles. The highest BCUT2D eigenvalue weighted by Gasteiger charge is 2.04. The van der Waals surface area contributed by atoms with Crippen LogP contribution in [0.3, 0.4) is 0 Å². The van der Waals surface area contributed by atoms with Crippen LogP contribution in [0, 0.1) is 3.57 Å². The van der Waals surface area contributed by atoms with Crippen molar-refractivity contribution in [2.75, 3.05) is 18.2 Å². The SMILES string of the molecule is COc1nc(N)nc(Nc2ccc(I)cc2)n1. The van der Waals surface area contributed by atoms with Gasteiger partial charge >= 0.3 is 6.01 Å². The molecule has 88 valence electrons. The van der Waals surface area contributed by atoms with Crippen molar-refractivity contribution >= 4 is 40.2 Å². The van der Waals surface area contributed by atoms with Crippen LogP contribution in [0.4, 0.5) is 17.6 Å². The molecule has 0 saturated carbocycles. The summed E-state index contributed by atoms with van der Waals surface area (Å²) in [5.41, 5.74) is 6.40. The number of rotatable bonds is 3. The summed E-state index contributed by atoms with van der Waals surface area (Å²) in [4.78, 5) is 11.8. The average molecular weight is 343 g/mol. The number of hydrogen-bond donors (Lipinski definition) is 2. The van der Waals surface area contributed by atoms with Gasteiger partial charge in [0.2, 0.25) is 11.9 Å². The smallest absolute Gasteiger partial charge is 0.322 e. The van der Waals surface area contributed by atoms with Crippen LogP contribution in [-0.4, -0.2) is 22.1 Å². The zero-order valence-corrected chi connectivity index (χ0v) is 11.2. The molecule has 0 amide bonds. The zero-order chi connectivity index (χ0) is 12.3. The van der Waals surface area contributed by atoms with Crippen molar-refractivity contribution in [1.82, 2.24) is 15.0 Å². The molecule has 7 heteroatoms. The molecule has 1 aromatic heterocycles. The van der Waals surface area contributed by atoms with Gasteiger partial charge in [0, 0.05) is 9.26 Å². The van der Waals surface area contributed by atoms with Crippen molar-refractivity contribution in [3.63, 3.8) is 0 Å². The highest BCUT2D eigenvalue weighted by molar-refractivity contribution is 14.1. The van der Waals surface area contributed by atoms with Gasteiger partial charge in [-0.05, 0) is 46.9 Å². The predicted molar refractivity (Wildman–Crippen MR) is 73.2 cm³/mol. The first kappa shape index (κ1) is 11.8. The maximum Gasteiger partial charge on any atom is 0.322 e. The molecule has 0 aliphatic heterocycles. The summed E-state index contributed by atoms with van der Waals surface area (Å²) in [5, 5.41) is 3.02. The first-order chi connectivity index (χ1) is 8.17. The fourth-order valence-corrected chi connectivity index (χ4v) is 1.54. The van der Waals surface area contributed by atoms with Gasteiger partial charge in [-0.25, -0.2) is 0 Å². The second kappa shape index (κ2) is 5.13. The molecule has 17 heavy (non-hydrogen) atoms. The third-order valence-corrected chi connectivity index (χ3v) is 2.63. The maximum atomic E-state index is 5.53. The van der Waals surface area contributed by atoms with Crippen LogP contribution < -0.4 is 15.8 Å². The third-order valence-electron chi connectivity index (χ3n) is 1.92. The Balaban J connectivity index is 2.23. The Morgan fingerprint density at radius 2 is 1.88 bits per heavy atom. The number of nitrogen functional groups attached to an aromatic ring is 1. The molecular formula is C10H10IN5O.